The number of aromatic nitrogens is 2. The summed E-state index contributed by atoms with van der Waals surface area (Å²) >= 11 is 0. The van der Waals surface area contributed by atoms with Crippen molar-refractivity contribution in [3.63, 3.8) is 0 Å². The summed E-state index contributed by atoms with van der Waals surface area (Å²) in [5.41, 5.74) is 7.26. The third kappa shape index (κ3) is 2.33. The van der Waals surface area contributed by atoms with Gasteiger partial charge in [-0.15, -0.1) is 0 Å². The SMILES string of the molecule is COc1ncc(C(N)C2C(C)OC(C)C2C)cn1. The monoisotopic (exact) mass is 251 g/mol. The minimum atomic E-state index is -0.106. The predicted molar refractivity (Wildman–Crippen MR) is 68.2 cm³/mol. The molecular formula is C13H21N3O2. The molecule has 2 rings (SSSR count). The summed E-state index contributed by atoms with van der Waals surface area (Å²) in [6.45, 7) is 6.36. The molecule has 0 amide bonds. The fourth-order valence-electron chi connectivity index (χ4n) is 2.74. The first-order chi connectivity index (χ1) is 8.54. The summed E-state index contributed by atoms with van der Waals surface area (Å²) in [5, 5.41) is 0. The third-order valence-electron chi connectivity index (χ3n) is 3.95. The first-order valence-electron chi connectivity index (χ1n) is 6.31. The molecule has 1 saturated heterocycles. The van der Waals surface area contributed by atoms with E-state index in [1.165, 1.54) is 0 Å². The maximum Gasteiger partial charge on any atom is 0.316 e. The maximum absolute atomic E-state index is 6.33. The fourth-order valence-corrected chi connectivity index (χ4v) is 2.74. The van der Waals surface area contributed by atoms with Gasteiger partial charge in [-0.1, -0.05) is 6.92 Å². The second-order valence-corrected chi connectivity index (χ2v) is 5.01. The molecule has 2 N–H and O–H groups in total. The van der Waals surface area contributed by atoms with Crippen molar-refractivity contribution in [2.45, 2.75) is 39.0 Å². The van der Waals surface area contributed by atoms with E-state index < -0.39 is 0 Å². The van der Waals surface area contributed by atoms with Gasteiger partial charge in [0.2, 0.25) is 0 Å². The van der Waals surface area contributed by atoms with E-state index in [1.807, 2.05) is 0 Å². The smallest absolute Gasteiger partial charge is 0.316 e. The number of hydrogen-bond acceptors (Lipinski definition) is 5. The molecule has 0 bridgehead atoms. The van der Waals surface area contributed by atoms with Crippen LogP contribution in [-0.4, -0.2) is 29.3 Å². The second kappa shape index (κ2) is 5.20. The van der Waals surface area contributed by atoms with Gasteiger partial charge in [-0.05, 0) is 19.8 Å². The molecule has 0 aliphatic carbocycles. The van der Waals surface area contributed by atoms with Crippen LogP contribution in [0.1, 0.15) is 32.4 Å². The second-order valence-electron chi connectivity index (χ2n) is 5.01. The first kappa shape index (κ1) is 13.2. The van der Waals surface area contributed by atoms with Crippen LogP contribution in [0.2, 0.25) is 0 Å². The molecule has 18 heavy (non-hydrogen) atoms. The van der Waals surface area contributed by atoms with Crippen LogP contribution in [0.3, 0.4) is 0 Å². The minimum Gasteiger partial charge on any atom is -0.467 e. The highest BCUT2D eigenvalue weighted by Gasteiger charge is 2.40. The molecule has 2 heterocycles. The Morgan fingerprint density at radius 2 is 1.83 bits per heavy atom. The van der Waals surface area contributed by atoms with E-state index >= 15 is 0 Å². The van der Waals surface area contributed by atoms with Gasteiger partial charge >= 0.3 is 6.01 Å². The average Bonchev–Trinajstić information content (AvgIpc) is 2.63. The van der Waals surface area contributed by atoms with Crippen molar-refractivity contribution in [3.8, 4) is 6.01 Å². The Balaban J connectivity index is 2.17. The third-order valence-corrected chi connectivity index (χ3v) is 3.95. The molecular weight excluding hydrogens is 230 g/mol. The Labute approximate surface area is 108 Å². The Morgan fingerprint density at radius 3 is 2.28 bits per heavy atom. The van der Waals surface area contributed by atoms with Crippen LogP contribution in [0.15, 0.2) is 12.4 Å². The van der Waals surface area contributed by atoms with Crippen LogP contribution in [0, 0.1) is 11.8 Å². The molecule has 1 aromatic heterocycles. The topological polar surface area (TPSA) is 70.3 Å². The molecule has 1 aromatic rings. The molecule has 0 spiro atoms. The van der Waals surface area contributed by atoms with Crippen molar-refractivity contribution >= 4 is 0 Å². The number of rotatable bonds is 3. The van der Waals surface area contributed by atoms with Crippen molar-refractivity contribution in [2.24, 2.45) is 17.6 Å². The molecule has 1 aliphatic rings. The van der Waals surface area contributed by atoms with Gasteiger partial charge in [0.15, 0.2) is 0 Å². The van der Waals surface area contributed by atoms with Gasteiger partial charge in [0.1, 0.15) is 0 Å². The molecule has 1 fully saturated rings. The fraction of sp³-hybridized carbons (Fsp3) is 0.692. The van der Waals surface area contributed by atoms with Gasteiger partial charge in [0.05, 0.1) is 19.3 Å². The predicted octanol–water partition coefficient (Wildman–Crippen LogP) is 1.54. The largest absolute Gasteiger partial charge is 0.467 e. The van der Waals surface area contributed by atoms with E-state index in [9.17, 15) is 0 Å². The Morgan fingerprint density at radius 1 is 1.22 bits per heavy atom. The van der Waals surface area contributed by atoms with Crippen LogP contribution in [0.4, 0.5) is 0 Å². The van der Waals surface area contributed by atoms with Gasteiger partial charge < -0.3 is 15.2 Å². The zero-order chi connectivity index (χ0) is 13.3. The van der Waals surface area contributed by atoms with Gasteiger partial charge in [-0.3, -0.25) is 0 Å². The molecule has 5 nitrogen and oxygen atoms in total. The van der Waals surface area contributed by atoms with Crippen LogP contribution in [0.5, 0.6) is 6.01 Å². The minimum absolute atomic E-state index is 0.106. The zero-order valence-corrected chi connectivity index (χ0v) is 11.3. The standard InChI is InChI=1S/C13H21N3O2/c1-7-8(2)18-9(3)11(7)12(14)10-5-15-13(17-4)16-6-10/h5-9,11-12H,14H2,1-4H3. The molecule has 0 radical (unpaired) electrons. The summed E-state index contributed by atoms with van der Waals surface area (Å²) in [6.07, 6.45) is 3.88. The Hall–Kier alpha value is -1.20. The molecule has 0 saturated carbocycles. The highest BCUT2D eigenvalue weighted by Crippen LogP contribution is 2.39. The summed E-state index contributed by atoms with van der Waals surface area (Å²) in [7, 11) is 1.55. The van der Waals surface area contributed by atoms with E-state index in [-0.39, 0.29) is 24.2 Å². The lowest BCUT2D eigenvalue weighted by Gasteiger charge is -2.25. The van der Waals surface area contributed by atoms with Crippen molar-refractivity contribution < 1.29 is 9.47 Å². The number of methoxy groups -OCH3 is 1. The number of nitrogens with two attached hydrogens (primary N) is 1. The summed E-state index contributed by atoms with van der Waals surface area (Å²) in [5.74, 6) is 0.717. The molecule has 100 valence electrons. The van der Waals surface area contributed by atoms with Crippen LogP contribution < -0.4 is 10.5 Å². The van der Waals surface area contributed by atoms with E-state index in [2.05, 4.69) is 30.7 Å². The first-order valence-corrected chi connectivity index (χ1v) is 6.31. The Bertz CT molecular complexity index is 396. The molecule has 5 unspecified atom stereocenters. The van der Waals surface area contributed by atoms with Gasteiger partial charge in [-0.2, -0.15) is 0 Å². The highest BCUT2D eigenvalue weighted by atomic mass is 16.5. The summed E-state index contributed by atoms with van der Waals surface area (Å²) in [4.78, 5) is 8.21. The highest BCUT2D eigenvalue weighted by molar-refractivity contribution is 5.15. The summed E-state index contributed by atoms with van der Waals surface area (Å²) in [6, 6.07) is 0.258. The number of hydrogen-bond donors (Lipinski definition) is 1. The molecule has 1 aliphatic heterocycles. The molecule has 0 aromatic carbocycles. The van der Waals surface area contributed by atoms with E-state index in [4.69, 9.17) is 15.2 Å². The quantitative estimate of drug-likeness (QED) is 0.882. The zero-order valence-electron chi connectivity index (χ0n) is 11.3. The summed E-state index contributed by atoms with van der Waals surface area (Å²) < 4.78 is 10.8. The van der Waals surface area contributed by atoms with Crippen LogP contribution in [0.25, 0.3) is 0 Å². The average molecular weight is 251 g/mol. The molecule has 5 heteroatoms. The normalized spacial score (nSPS) is 33.4. The van der Waals surface area contributed by atoms with E-state index in [1.54, 1.807) is 19.5 Å². The van der Waals surface area contributed by atoms with Gasteiger partial charge in [-0.25, -0.2) is 9.97 Å². The lowest BCUT2D eigenvalue weighted by Crippen LogP contribution is -2.30. The van der Waals surface area contributed by atoms with Crippen molar-refractivity contribution in [2.75, 3.05) is 7.11 Å². The van der Waals surface area contributed by atoms with Crippen LogP contribution >= 0.6 is 0 Å². The maximum atomic E-state index is 6.33. The van der Waals surface area contributed by atoms with Crippen molar-refractivity contribution in [1.29, 1.82) is 0 Å². The van der Waals surface area contributed by atoms with Gasteiger partial charge in [0, 0.05) is 29.9 Å². The lowest BCUT2D eigenvalue weighted by molar-refractivity contribution is 0.0489. The number of ether oxygens (including phenoxy) is 2. The van der Waals surface area contributed by atoms with E-state index in [0.717, 1.165) is 5.56 Å². The molecule has 5 atom stereocenters. The van der Waals surface area contributed by atoms with Gasteiger partial charge in [0.25, 0.3) is 0 Å². The Kier molecular flexibility index (Phi) is 3.82. The van der Waals surface area contributed by atoms with E-state index in [0.29, 0.717) is 11.9 Å². The van der Waals surface area contributed by atoms with Crippen molar-refractivity contribution in [1.82, 2.24) is 9.97 Å². The van der Waals surface area contributed by atoms with Crippen LogP contribution in [-0.2, 0) is 4.74 Å². The van der Waals surface area contributed by atoms with Crippen molar-refractivity contribution in [3.05, 3.63) is 18.0 Å². The number of nitrogens with zero attached hydrogens (tertiary/aromatic N) is 2. The lowest BCUT2D eigenvalue weighted by atomic mass is 9.82.